The Hall–Kier alpha value is -2.38. The van der Waals surface area contributed by atoms with Gasteiger partial charge in [0.05, 0.1) is 0 Å². The van der Waals surface area contributed by atoms with Gasteiger partial charge < -0.3 is 9.80 Å². The van der Waals surface area contributed by atoms with E-state index >= 15 is 0 Å². The third-order valence-corrected chi connectivity index (χ3v) is 5.12. The highest BCUT2D eigenvalue weighted by atomic mass is 35.5. The van der Waals surface area contributed by atoms with Gasteiger partial charge in [-0.1, -0.05) is 29.8 Å². The molecule has 1 fully saturated rings. The van der Waals surface area contributed by atoms with Gasteiger partial charge in [-0.2, -0.15) is 0 Å². The van der Waals surface area contributed by atoms with E-state index in [1.165, 1.54) is 6.07 Å². The first-order valence-corrected chi connectivity index (χ1v) is 9.03. The van der Waals surface area contributed by atoms with Crippen LogP contribution < -0.4 is 10.9 Å². The normalized spacial score (nSPS) is 20.3. The van der Waals surface area contributed by atoms with Crippen molar-refractivity contribution in [2.75, 3.05) is 38.5 Å². The lowest BCUT2D eigenvalue weighted by atomic mass is 10.1. The molecule has 0 saturated carbocycles. The first-order chi connectivity index (χ1) is 12.5. The fraction of sp³-hybridized carbons (Fsp3) is 0.389. The topological polar surface area (TPSA) is 65.8 Å². The van der Waals surface area contributed by atoms with Gasteiger partial charge in [0.25, 0.3) is 5.56 Å². The molecule has 0 amide bonds. The number of nitrogens with one attached hydrogen (secondary N) is 1. The zero-order valence-electron chi connectivity index (χ0n) is 14.8. The number of hydrogen-bond donors (Lipinski definition) is 1. The molecule has 7 nitrogen and oxygen atoms in total. The van der Waals surface area contributed by atoms with Crippen molar-refractivity contribution in [2.24, 2.45) is 4.99 Å². The van der Waals surface area contributed by atoms with Crippen LogP contribution in [-0.2, 0) is 0 Å². The molecule has 2 aromatic rings. The number of aryl methyl sites for hydroxylation is 1. The van der Waals surface area contributed by atoms with Crippen LogP contribution in [-0.4, -0.2) is 58.5 Å². The van der Waals surface area contributed by atoms with Crippen LogP contribution in [0.1, 0.15) is 17.4 Å². The van der Waals surface area contributed by atoms with E-state index in [0.29, 0.717) is 16.7 Å². The van der Waals surface area contributed by atoms with Gasteiger partial charge in [0.2, 0.25) is 11.9 Å². The van der Waals surface area contributed by atoms with Crippen molar-refractivity contribution >= 4 is 23.5 Å². The Balaban J connectivity index is 1.81. The van der Waals surface area contributed by atoms with Crippen LogP contribution in [0.5, 0.6) is 0 Å². The molecule has 1 aromatic heterocycles. The van der Waals surface area contributed by atoms with E-state index in [1.807, 2.05) is 31.2 Å². The van der Waals surface area contributed by atoms with Gasteiger partial charge in [-0.05, 0) is 20.0 Å². The van der Waals surface area contributed by atoms with E-state index in [9.17, 15) is 4.79 Å². The Bertz CT molecular complexity index is 916. The van der Waals surface area contributed by atoms with E-state index in [4.69, 9.17) is 16.6 Å². The molecule has 8 heteroatoms. The number of rotatable bonds is 1. The molecule has 0 spiro atoms. The summed E-state index contributed by atoms with van der Waals surface area (Å²) in [7, 11) is 2.11. The Labute approximate surface area is 156 Å². The van der Waals surface area contributed by atoms with Gasteiger partial charge in [-0.3, -0.25) is 14.7 Å². The molecule has 1 N–H and O–H groups in total. The zero-order chi connectivity index (χ0) is 18.3. The zero-order valence-corrected chi connectivity index (χ0v) is 15.6. The quantitative estimate of drug-likeness (QED) is 0.826. The van der Waals surface area contributed by atoms with Gasteiger partial charge in [0.1, 0.15) is 0 Å². The minimum atomic E-state index is -0.532. The maximum atomic E-state index is 12.7. The Morgan fingerprint density at radius 3 is 2.65 bits per heavy atom. The van der Waals surface area contributed by atoms with Crippen LogP contribution in [0.25, 0.3) is 0 Å². The standard InChI is InChI=1S/C18H21ClN6O/c1-12-11-15(26)25-16(13-5-3-4-6-14(13)19)21-17(22-18(25)20-12)24-9-7-23(2)8-10-24/h3-6,11,16H,7-10H2,1-2H3,(H,20,21,22)/t16-/m1/s1. The summed E-state index contributed by atoms with van der Waals surface area (Å²) < 4.78 is 1.56. The van der Waals surface area contributed by atoms with Crippen molar-refractivity contribution in [1.82, 2.24) is 19.4 Å². The molecular weight excluding hydrogens is 352 g/mol. The largest absolute Gasteiger partial charge is 0.340 e. The first kappa shape index (κ1) is 17.1. The second kappa shape index (κ2) is 6.74. The van der Waals surface area contributed by atoms with E-state index in [1.54, 1.807) is 4.57 Å². The van der Waals surface area contributed by atoms with Gasteiger partial charge in [0, 0.05) is 48.5 Å². The number of hydrogen-bond acceptors (Lipinski definition) is 6. The number of likely N-dealkylation sites (N-methyl/N-ethyl adjacent to an activating group) is 1. The van der Waals surface area contributed by atoms with Crippen molar-refractivity contribution in [3.05, 3.63) is 57.0 Å². The summed E-state index contributed by atoms with van der Waals surface area (Å²) in [6.07, 6.45) is -0.532. The number of benzene rings is 1. The maximum Gasteiger partial charge on any atom is 0.257 e. The molecule has 0 radical (unpaired) electrons. The molecule has 136 valence electrons. The highest BCUT2D eigenvalue weighted by molar-refractivity contribution is 6.31. The lowest BCUT2D eigenvalue weighted by molar-refractivity contribution is 0.213. The van der Waals surface area contributed by atoms with Crippen LogP contribution in [0.2, 0.25) is 5.02 Å². The van der Waals surface area contributed by atoms with Crippen molar-refractivity contribution in [2.45, 2.75) is 13.1 Å². The second-order valence-electron chi connectivity index (χ2n) is 6.69. The van der Waals surface area contributed by atoms with E-state index in [2.05, 4.69) is 27.1 Å². The number of guanidine groups is 1. The number of nitrogens with zero attached hydrogens (tertiary/aromatic N) is 5. The summed E-state index contributed by atoms with van der Waals surface area (Å²) >= 11 is 6.41. The summed E-state index contributed by atoms with van der Waals surface area (Å²) in [6, 6.07) is 9.01. The summed E-state index contributed by atoms with van der Waals surface area (Å²) in [5.41, 5.74) is 1.31. The highest BCUT2D eigenvalue weighted by Gasteiger charge is 2.29. The predicted molar refractivity (Wildman–Crippen MR) is 103 cm³/mol. The fourth-order valence-corrected chi connectivity index (χ4v) is 3.54. The molecule has 2 aliphatic rings. The van der Waals surface area contributed by atoms with Crippen molar-refractivity contribution < 1.29 is 0 Å². The predicted octanol–water partition coefficient (Wildman–Crippen LogP) is 1.78. The number of anilines is 1. The van der Waals surface area contributed by atoms with E-state index in [0.717, 1.165) is 37.7 Å². The van der Waals surface area contributed by atoms with E-state index < -0.39 is 6.17 Å². The molecule has 3 heterocycles. The second-order valence-corrected chi connectivity index (χ2v) is 7.10. The third-order valence-electron chi connectivity index (χ3n) is 4.78. The number of aliphatic imine (C=N–C) groups is 1. The first-order valence-electron chi connectivity index (χ1n) is 8.66. The van der Waals surface area contributed by atoms with Crippen molar-refractivity contribution in [1.29, 1.82) is 0 Å². The Morgan fingerprint density at radius 2 is 1.92 bits per heavy atom. The van der Waals surface area contributed by atoms with Crippen molar-refractivity contribution in [3.8, 4) is 0 Å². The minimum Gasteiger partial charge on any atom is -0.340 e. The number of aromatic nitrogens is 2. The molecule has 0 aliphatic carbocycles. The molecular formula is C18H21ClN6O. The fourth-order valence-electron chi connectivity index (χ4n) is 3.31. The molecule has 26 heavy (non-hydrogen) atoms. The van der Waals surface area contributed by atoms with Crippen LogP contribution in [0.15, 0.2) is 40.1 Å². The van der Waals surface area contributed by atoms with Gasteiger partial charge in [0.15, 0.2) is 6.17 Å². The molecule has 1 atom stereocenters. The average molecular weight is 373 g/mol. The number of fused-ring (bicyclic) bond motifs is 1. The number of halogens is 1. The molecule has 1 aromatic carbocycles. The van der Waals surface area contributed by atoms with Gasteiger partial charge in [-0.15, -0.1) is 0 Å². The minimum absolute atomic E-state index is 0.147. The van der Waals surface area contributed by atoms with Crippen LogP contribution in [0.4, 0.5) is 5.95 Å². The third kappa shape index (κ3) is 3.08. The van der Waals surface area contributed by atoms with Crippen molar-refractivity contribution in [3.63, 3.8) is 0 Å². The Kier molecular flexibility index (Phi) is 4.42. The van der Waals surface area contributed by atoms with Gasteiger partial charge >= 0.3 is 0 Å². The summed E-state index contributed by atoms with van der Waals surface area (Å²) in [5, 5.41) is 3.83. The summed E-state index contributed by atoms with van der Waals surface area (Å²) in [5.74, 6) is 1.24. The lowest BCUT2D eigenvalue weighted by Crippen LogP contribution is -2.51. The monoisotopic (exact) mass is 372 g/mol. The van der Waals surface area contributed by atoms with E-state index in [-0.39, 0.29) is 5.56 Å². The highest BCUT2D eigenvalue weighted by Crippen LogP contribution is 2.30. The molecule has 0 bridgehead atoms. The number of piperazine rings is 1. The molecule has 0 unspecified atom stereocenters. The molecule has 4 rings (SSSR count). The summed E-state index contributed by atoms with van der Waals surface area (Å²) in [6.45, 7) is 5.48. The van der Waals surface area contributed by atoms with Crippen LogP contribution in [0.3, 0.4) is 0 Å². The smallest absolute Gasteiger partial charge is 0.257 e. The van der Waals surface area contributed by atoms with Gasteiger partial charge in [-0.25, -0.2) is 9.98 Å². The SMILES string of the molecule is Cc1cc(=O)n2c(n1)NC(N1CCN(C)CC1)=N[C@H]2c1ccccc1Cl. The Morgan fingerprint density at radius 1 is 1.19 bits per heavy atom. The van der Waals surface area contributed by atoms with Crippen LogP contribution in [0, 0.1) is 6.92 Å². The summed E-state index contributed by atoms with van der Waals surface area (Å²) in [4.78, 5) is 26.5. The van der Waals surface area contributed by atoms with Crippen LogP contribution >= 0.6 is 11.6 Å². The average Bonchev–Trinajstić information content (AvgIpc) is 2.61. The lowest BCUT2D eigenvalue weighted by Gasteiger charge is -2.37. The molecule has 2 aliphatic heterocycles. The maximum absolute atomic E-state index is 12.7. The molecule has 1 saturated heterocycles.